The number of aryl methyl sites for hydroxylation is 1. The molecular formula is C14H25N3. The monoisotopic (exact) mass is 235 g/mol. The normalized spacial score (nSPS) is 25.0. The van der Waals surface area contributed by atoms with Gasteiger partial charge in [-0.2, -0.15) is 5.10 Å². The van der Waals surface area contributed by atoms with Gasteiger partial charge in [0.25, 0.3) is 0 Å². The van der Waals surface area contributed by atoms with E-state index in [-0.39, 0.29) is 0 Å². The molecule has 3 nitrogen and oxygen atoms in total. The van der Waals surface area contributed by atoms with Crippen molar-refractivity contribution in [1.82, 2.24) is 15.1 Å². The number of nitrogens with one attached hydrogen (secondary N) is 1. The molecule has 3 heteroatoms. The summed E-state index contributed by atoms with van der Waals surface area (Å²) < 4.78 is 2.01. The number of nitrogens with zero attached hydrogens (tertiary/aromatic N) is 2. The van der Waals surface area contributed by atoms with Crippen LogP contribution in [0.25, 0.3) is 0 Å². The molecule has 0 saturated heterocycles. The van der Waals surface area contributed by atoms with E-state index in [1.54, 1.807) is 0 Å². The molecule has 2 unspecified atom stereocenters. The van der Waals surface area contributed by atoms with Crippen molar-refractivity contribution in [3.05, 3.63) is 18.5 Å². The summed E-state index contributed by atoms with van der Waals surface area (Å²) in [4.78, 5) is 0. The van der Waals surface area contributed by atoms with E-state index in [2.05, 4.69) is 17.3 Å². The largest absolute Gasteiger partial charge is 0.314 e. The van der Waals surface area contributed by atoms with Gasteiger partial charge in [-0.15, -0.1) is 0 Å². The molecule has 1 heterocycles. The zero-order valence-electron chi connectivity index (χ0n) is 10.9. The average molecular weight is 235 g/mol. The summed E-state index contributed by atoms with van der Waals surface area (Å²) in [6.45, 7) is 4.49. The van der Waals surface area contributed by atoms with Crippen molar-refractivity contribution in [3.63, 3.8) is 0 Å². The highest BCUT2D eigenvalue weighted by molar-refractivity contribution is 4.80. The zero-order valence-corrected chi connectivity index (χ0v) is 10.9. The van der Waals surface area contributed by atoms with Gasteiger partial charge in [0, 0.05) is 25.0 Å². The van der Waals surface area contributed by atoms with Crippen LogP contribution in [0.4, 0.5) is 0 Å². The molecule has 0 radical (unpaired) electrons. The Bertz CT molecular complexity index is 294. The maximum Gasteiger partial charge on any atom is 0.0489 e. The topological polar surface area (TPSA) is 29.9 Å². The predicted molar refractivity (Wildman–Crippen MR) is 70.9 cm³/mol. The highest BCUT2D eigenvalue weighted by Crippen LogP contribution is 2.26. The van der Waals surface area contributed by atoms with Gasteiger partial charge in [-0.25, -0.2) is 0 Å². The van der Waals surface area contributed by atoms with Crippen molar-refractivity contribution in [2.45, 2.75) is 58.0 Å². The summed E-state index contributed by atoms with van der Waals surface area (Å²) in [7, 11) is 0. The molecule has 0 bridgehead atoms. The molecule has 1 N–H and O–H groups in total. The first-order valence-electron chi connectivity index (χ1n) is 7.11. The molecule has 1 saturated carbocycles. The molecule has 2 rings (SSSR count). The lowest BCUT2D eigenvalue weighted by molar-refractivity contribution is 0.254. The molecule has 17 heavy (non-hydrogen) atoms. The van der Waals surface area contributed by atoms with Crippen LogP contribution in [-0.2, 0) is 6.54 Å². The van der Waals surface area contributed by atoms with E-state index in [4.69, 9.17) is 0 Å². The van der Waals surface area contributed by atoms with Crippen LogP contribution in [0, 0.1) is 5.92 Å². The van der Waals surface area contributed by atoms with Crippen LogP contribution in [-0.4, -0.2) is 22.4 Å². The Balaban J connectivity index is 1.63. The van der Waals surface area contributed by atoms with Gasteiger partial charge in [-0.1, -0.05) is 26.2 Å². The van der Waals surface area contributed by atoms with Crippen molar-refractivity contribution in [3.8, 4) is 0 Å². The minimum absolute atomic E-state index is 0.770. The van der Waals surface area contributed by atoms with E-state index in [1.807, 2.05) is 23.1 Å². The Morgan fingerprint density at radius 2 is 2.24 bits per heavy atom. The SMILES string of the molecule is CCC1CCCCC1NCCCn1cccn1. The van der Waals surface area contributed by atoms with Gasteiger partial charge in [0.05, 0.1) is 0 Å². The molecule has 1 aliphatic carbocycles. The van der Waals surface area contributed by atoms with E-state index < -0.39 is 0 Å². The third-order valence-corrected chi connectivity index (χ3v) is 3.96. The van der Waals surface area contributed by atoms with Crippen molar-refractivity contribution < 1.29 is 0 Å². The maximum atomic E-state index is 4.22. The molecule has 0 aliphatic heterocycles. The fourth-order valence-electron chi connectivity index (χ4n) is 2.93. The average Bonchev–Trinajstić information content (AvgIpc) is 2.88. The number of hydrogen-bond donors (Lipinski definition) is 1. The first-order chi connectivity index (χ1) is 8.40. The Labute approximate surface area is 105 Å². The third kappa shape index (κ3) is 3.84. The second-order valence-corrected chi connectivity index (χ2v) is 5.14. The summed E-state index contributed by atoms with van der Waals surface area (Å²) in [5, 5.41) is 7.96. The highest BCUT2D eigenvalue weighted by Gasteiger charge is 2.22. The molecule has 0 amide bonds. The molecule has 0 aromatic carbocycles. The lowest BCUT2D eigenvalue weighted by Crippen LogP contribution is -2.39. The number of hydrogen-bond acceptors (Lipinski definition) is 2. The fourth-order valence-corrected chi connectivity index (χ4v) is 2.93. The summed E-state index contributed by atoms with van der Waals surface area (Å²) in [5.41, 5.74) is 0. The summed E-state index contributed by atoms with van der Waals surface area (Å²) in [5.74, 6) is 0.911. The van der Waals surface area contributed by atoms with Gasteiger partial charge in [-0.05, 0) is 37.8 Å². The zero-order chi connectivity index (χ0) is 11.9. The van der Waals surface area contributed by atoms with Crippen molar-refractivity contribution >= 4 is 0 Å². The van der Waals surface area contributed by atoms with Crippen molar-refractivity contribution in [2.24, 2.45) is 5.92 Å². The first kappa shape index (κ1) is 12.6. The maximum absolute atomic E-state index is 4.22. The smallest absolute Gasteiger partial charge is 0.0489 e. The number of rotatable bonds is 6. The van der Waals surface area contributed by atoms with E-state index in [1.165, 1.54) is 38.5 Å². The predicted octanol–water partition coefficient (Wildman–Crippen LogP) is 2.83. The molecule has 0 spiro atoms. The molecule has 1 fully saturated rings. The Morgan fingerprint density at radius 3 is 3.00 bits per heavy atom. The minimum atomic E-state index is 0.770. The van der Waals surface area contributed by atoms with E-state index in [0.29, 0.717) is 0 Å². The number of aromatic nitrogens is 2. The quantitative estimate of drug-likeness (QED) is 0.768. The minimum Gasteiger partial charge on any atom is -0.314 e. The fraction of sp³-hybridized carbons (Fsp3) is 0.786. The summed E-state index contributed by atoms with van der Waals surface area (Å²) >= 11 is 0. The molecule has 1 aliphatic rings. The van der Waals surface area contributed by atoms with Crippen LogP contribution < -0.4 is 5.32 Å². The van der Waals surface area contributed by atoms with Gasteiger partial charge in [0.2, 0.25) is 0 Å². The molecular weight excluding hydrogens is 210 g/mol. The van der Waals surface area contributed by atoms with Gasteiger partial charge >= 0.3 is 0 Å². The van der Waals surface area contributed by atoms with Crippen LogP contribution in [0.15, 0.2) is 18.5 Å². The molecule has 2 atom stereocenters. The lowest BCUT2D eigenvalue weighted by atomic mass is 9.83. The molecule has 1 aromatic heterocycles. The summed E-state index contributed by atoms with van der Waals surface area (Å²) in [6, 6.07) is 2.76. The first-order valence-corrected chi connectivity index (χ1v) is 7.11. The standard InChI is InChI=1S/C14H25N3/c1-2-13-7-3-4-8-14(13)15-9-5-11-17-12-6-10-16-17/h6,10,12-15H,2-5,7-9,11H2,1H3. The van der Waals surface area contributed by atoms with Crippen LogP contribution in [0.1, 0.15) is 45.4 Å². The highest BCUT2D eigenvalue weighted by atomic mass is 15.3. The molecule has 1 aromatic rings. The van der Waals surface area contributed by atoms with Gasteiger partial charge in [0.15, 0.2) is 0 Å². The van der Waals surface area contributed by atoms with Gasteiger partial charge in [-0.3, -0.25) is 4.68 Å². The van der Waals surface area contributed by atoms with E-state index in [0.717, 1.165) is 25.0 Å². The Kier molecular flexibility index (Phi) is 5.05. The van der Waals surface area contributed by atoms with E-state index in [9.17, 15) is 0 Å². The second kappa shape index (κ2) is 6.80. The van der Waals surface area contributed by atoms with Gasteiger partial charge in [0.1, 0.15) is 0 Å². The molecule has 96 valence electrons. The lowest BCUT2D eigenvalue weighted by Gasteiger charge is -2.31. The van der Waals surface area contributed by atoms with Gasteiger partial charge < -0.3 is 5.32 Å². The van der Waals surface area contributed by atoms with Crippen molar-refractivity contribution in [2.75, 3.05) is 6.54 Å². The van der Waals surface area contributed by atoms with Crippen LogP contribution in [0.5, 0.6) is 0 Å². The van der Waals surface area contributed by atoms with E-state index >= 15 is 0 Å². The van der Waals surface area contributed by atoms with Crippen LogP contribution >= 0.6 is 0 Å². The third-order valence-electron chi connectivity index (χ3n) is 3.96. The van der Waals surface area contributed by atoms with Crippen LogP contribution in [0.3, 0.4) is 0 Å². The van der Waals surface area contributed by atoms with Crippen LogP contribution in [0.2, 0.25) is 0 Å². The summed E-state index contributed by atoms with van der Waals surface area (Å²) in [6.07, 6.45) is 12.0. The van der Waals surface area contributed by atoms with Crippen molar-refractivity contribution in [1.29, 1.82) is 0 Å². The Hall–Kier alpha value is -0.830. The second-order valence-electron chi connectivity index (χ2n) is 5.14. The Morgan fingerprint density at radius 1 is 1.35 bits per heavy atom.